The van der Waals surface area contributed by atoms with Gasteiger partial charge in [0.2, 0.25) is 5.91 Å². The van der Waals surface area contributed by atoms with Crippen molar-refractivity contribution in [1.29, 1.82) is 5.26 Å². The van der Waals surface area contributed by atoms with Gasteiger partial charge in [-0.25, -0.2) is 0 Å². The Balaban J connectivity index is 1.64. The molecule has 0 atom stereocenters. The molecule has 24 heavy (non-hydrogen) atoms. The second-order valence-electron chi connectivity index (χ2n) is 6.80. The number of hydrogen-bond donors (Lipinski definition) is 0. The number of carbonyl (C=O) groups is 1. The predicted molar refractivity (Wildman–Crippen MR) is 92.6 cm³/mol. The molecule has 130 valence electrons. The number of carbonyl (C=O) groups excluding carboxylic acids is 1. The van der Waals surface area contributed by atoms with Crippen molar-refractivity contribution in [2.24, 2.45) is 0 Å². The van der Waals surface area contributed by atoms with Gasteiger partial charge in [0.05, 0.1) is 11.8 Å². The van der Waals surface area contributed by atoms with Gasteiger partial charge in [0.1, 0.15) is 11.4 Å². The van der Waals surface area contributed by atoms with Crippen LogP contribution in [0, 0.1) is 11.3 Å². The van der Waals surface area contributed by atoms with Gasteiger partial charge in [-0.2, -0.15) is 5.26 Å². The van der Waals surface area contributed by atoms with Crippen LogP contribution in [0.2, 0.25) is 0 Å². The zero-order valence-electron chi connectivity index (χ0n) is 14.5. The van der Waals surface area contributed by atoms with Crippen molar-refractivity contribution < 1.29 is 4.79 Å². The Morgan fingerprint density at radius 2 is 2.08 bits per heavy atom. The molecule has 0 aromatic carbocycles. The second-order valence-corrected chi connectivity index (χ2v) is 7.75. The predicted octanol–water partition coefficient (Wildman–Crippen LogP) is 2.95. The van der Waals surface area contributed by atoms with Crippen LogP contribution in [0.4, 0.5) is 0 Å². The SMILES string of the molecule is CCn1c(SCC(=O)N(C)C2(C#N)CCCCC2)nnc1C1CC1. The highest BCUT2D eigenvalue weighted by molar-refractivity contribution is 7.99. The van der Waals surface area contributed by atoms with Gasteiger partial charge in [-0.1, -0.05) is 31.0 Å². The highest BCUT2D eigenvalue weighted by atomic mass is 32.2. The van der Waals surface area contributed by atoms with Gasteiger partial charge in [0, 0.05) is 19.5 Å². The van der Waals surface area contributed by atoms with Gasteiger partial charge in [-0.05, 0) is 32.6 Å². The Morgan fingerprint density at radius 1 is 1.38 bits per heavy atom. The van der Waals surface area contributed by atoms with E-state index in [-0.39, 0.29) is 5.91 Å². The van der Waals surface area contributed by atoms with Gasteiger partial charge in [-0.3, -0.25) is 4.79 Å². The van der Waals surface area contributed by atoms with Gasteiger partial charge in [0.25, 0.3) is 0 Å². The number of nitriles is 1. The van der Waals surface area contributed by atoms with Crippen LogP contribution in [0.25, 0.3) is 0 Å². The average Bonchev–Trinajstić information content (AvgIpc) is 3.39. The average molecular weight is 347 g/mol. The van der Waals surface area contributed by atoms with Crippen molar-refractivity contribution in [3.8, 4) is 6.07 Å². The molecule has 6 nitrogen and oxygen atoms in total. The molecule has 0 bridgehead atoms. The Labute approximate surface area is 147 Å². The van der Waals surface area contributed by atoms with Gasteiger partial charge >= 0.3 is 0 Å². The monoisotopic (exact) mass is 347 g/mol. The standard InChI is InChI=1S/C17H25N5OS/c1-3-22-15(13-7-8-13)19-20-16(22)24-11-14(23)21(2)17(12-18)9-5-4-6-10-17/h13H,3-11H2,1-2H3. The van der Waals surface area contributed by atoms with Gasteiger partial charge in [0.15, 0.2) is 5.16 Å². The molecule has 0 unspecified atom stereocenters. The van der Waals surface area contributed by atoms with Crippen molar-refractivity contribution in [3.63, 3.8) is 0 Å². The Morgan fingerprint density at radius 3 is 2.67 bits per heavy atom. The largest absolute Gasteiger partial charge is 0.326 e. The van der Waals surface area contributed by atoms with E-state index in [1.54, 1.807) is 11.9 Å². The van der Waals surface area contributed by atoms with E-state index in [2.05, 4.69) is 27.8 Å². The summed E-state index contributed by atoms with van der Waals surface area (Å²) in [6.07, 6.45) is 7.15. The minimum absolute atomic E-state index is 0.00192. The van der Waals surface area contributed by atoms with E-state index in [1.807, 2.05) is 0 Å². The Kier molecular flexibility index (Phi) is 5.14. The fourth-order valence-corrected chi connectivity index (χ4v) is 4.39. The van der Waals surface area contributed by atoms with Crippen LogP contribution in [0.15, 0.2) is 5.16 Å². The number of nitrogens with zero attached hydrogens (tertiary/aromatic N) is 5. The van der Waals surface area contributed by atoms with E-state index in [1.165, 1.54) is 24.6 Å². The summed E-state index contributed by atoms with van der Waals surface area (Å²) in [6, 6.07) is 2.41. The Hall–Kier alpha value is -1.55. The summed E-state index contributed by atoms with van der Waals surface area (Å²) < 4.78 is 2.12. The molecule has 0 radical (unpaired) electrons. The molecular weight excluding hydrogens is 322 g/mol. The van der Waals surface area contributed by atoms with E-state index < -0.39 is 5.54 Å². The lowest BCUT2D eigenvalue weighted by atomic mass is 9.81. The van der Waals surface area contributed by atoms with Crippen LogP contribution in [-0.2, 0) is 11.3 Å². The topological polar surface area (TPSA) is 74.8 Å². The third kappa shape index (κ3) is 3.30. The van der Waals surface area contributed by atoms with E-state index in [0.29, 0.717) is 11.7 Å². The quantitative estimate of drug-likeness (QED) is 0.740. The summed E-state index contributed by atoms with van der Waals surface area (Å²) in [5.74, 6) is 1.92. The first-order valence-corrected chi connectivity index (χ1v) is 9.83. The van der Waals surface area contributed by atoms with Crippen molar-refractivity contribution in [2.45, 2.75) is 75.0 Å². The lowest BCUT2D eigenvalue weighted by Gasteiger charge is -2.39. The molecule has 7 heteroatoms. The first kappa shape index (κ1) is 17.3. The highest BCUT2D eigenvalue weighted by Gasteiger charge is 2.38. The molecule has 2 aliphatic carbocycles. The lowest BCUT2D eigenvalue weighted by molar-refractivity contribution is -0.131. The molecule has 0 aliphatic heterocycles. The van der Waals surface area contributed by atoms with Crippen LogP contribution in [-0.4, -0.2) is 43.9 Å². The summed E-state index contributed by atoms with van der Waals surface area (Å²) in [4.78, 5) is 14.3. The highest BCUT2D eigenvalue weighted by Crippen LogP contribution is 2.40. The zero-order chi connectivity index (χ0) is 17.2. The molecule has 1 aromatic heterocycles. The molecular formula is C17H25N5OS. The smallest absolute Gasteiger partial charge is 0.234 e. The van der Waals surface area contributed by atoms with Gasteiger partial charge < -0.3 is 9.47 Å². The normalized spacial score (nSPS) is 19.7. The molecule has 0 N–H and O–H groups in total. The number of thioether (sulfide) groups is 1. The Bertz CT molecular complexity index is 640. The molecule has 2 fully saturated rings. The number of hydrogen-bond acceptors (Lipinski definition) is 5. The minimum Gasteiger partial charge on any atom is -0.326 e. The number of aromatic nitrogens is 3. The summed E-state index contributed by atoms with van der Waals surface area (Å²) in [5, 5.41) is 19.0. The summed E-state index contributed by atoms with van der Waals surface area (Å²) >= 11 is 1.44. The molecule has 0 spiro atoms. The second kappa shape index (κ2) is 7.14. The summed E-state index contributed by atoms with van der Waals surface area (Å²) in [5.41, 5.74) is -0.618. The third-order valence-electron chi connectivity index (χ3n) is 5.23. The van der Waals surface area contributed by atoms with E-state index in [9.17, 15) is 10.1 Å². The summed E-state index contributed by atoms with van der Waals surface area (Å²) in [6.45, 7) is 2.91. The number of rotatable bonds is 6. The molecule has 2 saturated carbocycles. The molecule has 3 rings (SSSR count). The molecule has 1 heterocycles. The van der Waals surface area contributed by atoms with E-state index in [4.69, 9.17) is 0 Å². The van der Waals surface area contributed by atoms with Crippen LogP contribution in [0.3, 0.4) is 0 Å². The maximum absolute atomic E-state index is 12.6. The maximum Gasteiger partial charge on any atom is 0.234 e. The van der Waals surface area contributed by atoms with E-state index in [0.717, 1.165) is 49.6 Å². The zero-order valence-corrected chi connectivity index (χ0v) is 15.3. The molecule has 1 aromatic rings. The molecule has 1 amide bonds. The van der Waals surface area contributed by atoms with Gasteiger partial charge in [-0.15, -0.1) is 10.2 Å². The van der Waals surface area contributed by atoms with Crippen LogP contribution in [0.5, 0.6) is 0 Å². The van der Waals surface area contributed by atoms with Crippen LogP contribution in [0.1, 0.15) is 63.6 Å². The maximum atomic E-state index is 12.6. The lowest BCUT2D eigenvalue weighted by Crippen LogP contribution is -2.50. The van der Waals surface area contributed by atoms with Crippen molar-refractivity contribution >= 4 is 17.7 Å². The minimum atomic E-state index is -0.618. The van der Waals surface area contributed by atoms with Crippen LogP contribution < -0.4 is 0 Å². The fourth-order valence-electron chi connectivity index (χ4n) is 3.47. The van der Waals surface area contributed by atoms with E-state index >= 15 is 0 Å². The van der Waals surface area contributed by atoms with Crippen LogP contribution >= 0.6 is 11.8 Å². The van der Waals surface area contributed by atoms with Crippen molar-refractivity contribution in [1.82, 2.24) is 19.7 Å². The first-order valence-electron chi connectivity index (χ1n) is 8.85. The molecule has 2 aliphatic rings. The van der Waals surface area contributed by atoms with Crippen molar-refractivity contribution in [2.75, 3.05) is 12.8 Å². The fraction of sp³-hybridized carbons (Fsp3) is 0.765. The first-order chi connectivity index (χ1) is 11.6. The third-order valence-corrected chi connectivity index (χ3v) is 6.19. The summed E-state index contributed by atoms with van der Waals surface area (Å²) in [7, 11) is 1.78. The van der Waals surface area contributed by atoms with Crippen molar-refractivity contribution in [3.05, 3.63) is 5.82 Å². The number of amides is 1. The molecule has 0 saturated heterocycles.